The maximum Gasteiger partial charge on any atom is 0.261 e. The topological polar surface area (TPSA) is 139 Å². The van der Waals surface area contributed by atoms with Crippen molar-refractivity contribution in [3.05, 3.63) is 29.3 Å². The highest BCUT2D eigenvalue weighted by molar-refractivity contribution is 6.08. The van der Waals surface area contributed by atoms with Crippen LogP contribution in [0, 0.1) is 6.92 Å². The van der Waals surface area contributed by atoms with Crippen LogP contribution in [-0.2, 0) is 19.2 Å². The number of benzene rings is 1. The molecule has 0 aliphatic carbocycles. The van der Waals surface area contributed by atoms with Crippen molar-refractivity contribution in [3.8, 4) is 0 Å². The van der Waals surface area contributed by atoms with E-state index in [0.29, 0.717) is 37.0 Å². The number of carbonyl (C=O) groups is 5. The first-order chi connectivity index (χ1) is 13.4. The zero-order valence-corrected chi connectivity index (χ0v) is 15.7. The van der Waals surface area contributed by atoms with Gasteiger partial charge in [0, 0.05) is 24.1 Å². The lowest BCUT2D eigenvalue weighted by Crippen LogP contribution is -2.53. The summed E-state index contributed by atoms with van der Waals surface area (Å²) in [6.07, 6.45) is 2.13. The lowest BCUT2D eigenvalue weighted by Gasteiger charge is -2.28. The van der Waals surface area contributed by atoms with E-state index in [2.05, 4.69) is 10.6 Å². The van der Waals surface area contributed by atoms with E-state index >= 15 is 0 Å². The molecule has 1 atom stereocenters. The predicted molar refractivity (Wildman–Crippen MR) is 101 cm³/mol. The molecule has 1 fully saturated rings. The van der Waals surface area contributed by atoms with Crippen LogP contribution in [0.1, 0.15) is 48.0 Å². The van der Waals surface area contributed by atoms with E-state index in [1.165, 1.54) is 6.07 Å². The largest absolute Gasteiger partial charge is 0.330 e. The summed E-state index contributed by atoms with van der Waals surface area (Å²) in [7, 11) is 0. The van der Waals surface area contributed by atoms with Gasteiger partial charge in [-0.05, 0) is 50.4 Å². The SMILES string of the molecule is Cc1c(NC(=O)CCCCN)cccc1C(=O)N(C=O)C1CCC(=O)NC1=O. The average Bonchev–Trinajstić information content (AvgIpc) is 2.65. The summed E-state index contributed by atoms with van der Waals surface area (Å²) in [5.74, 6) is -1.98. The molecule has 1 heterocycles. The molecule has 9 heteroatoms. The number of hydrogen-bond acceptors (Lipinski definition) is 6. The molecule has 0 spiro atoms. The van der Waals surface area contributed by atoms with Crippen LogP contribution in [0.3, 0.4) is 0 Å². The number of piperidine rings is 1. The van der Waals surface area contributed by atoms with Gasteiger partial charge in [-0.2, -0.15) is 0 Å². The first kappa shape index (κ1) is 21.2. The van der Waals surface area contributed by atoms with Crippen molar-refractivity contribution in [1.29, 1.82) is 0 Å². The fourth-order valence-electron chi connectivity index (χ4n) is 2.99. The summed E-state index contributed by atoms with van der Waals surface area (Å²) in [6.45, 7) is 2.16. The highest BCUT2D eigenvalue weighted by Gasteiger charge is 2.35. The van der Waals surface area contributed by atoms with Crippen molar-refractivity contribution in [2.24, 2.45) is 5.73 Å². The van der Waals surface area contributed by atoms with Crippen molar-refractivity contribution in [3.63, 3.8) is 0 Å². The minimum atomic E-state index is -1.04. The molecule has 0 saturated carbocycles. The Kier molecular flexibility index (Phi) is 7.39. The number of nitrogens with zero attached hydrogens (tertiary/aromatic N) is 1. The van der Waals surface area contributed by atoms with Gasteiger partial charge in [-0.25, -0.2) is 0 Å². The van der Waals surface area contributed by atoms with Gasteiger partial charge in [0.2, 0.25) is 24.1 Å². The van der Waals surface area contributed by atoms with Crippen LogP contribution in [0.5, 0.6) is 0 Å². The third kappa shape index (κ3) is 5.01. The van der Waals surface area contributed by atoms with Crippen LogP contribution >= 0.6 is 0 Å². The van der Waals surface area contributed by atoms with E-state index in [0.717, 1.165) is 11.3 Å². The predicted octanol–water partition coefficient (Wildman–Crippen LogP) is 0.466. The number of rotatable bonds is 8. The Labute approximate surface area is 162 Å². The number of unbranched alkanes of at least 4 members (excludes halogenated alkanes) is 1. The van der Waals surface area contributed by atoms with Gasteiger partial charge in [0.1, 0.15) is 6.04 Å². The van der Waals surface area contributed by atoms with Crippen molar-refractivity contribution >= 4 is 35.7 Å². The summed E-state index contributed by atoms with van der Waals surface area (Å²) in [6, 6.07) is 3.72. The fraction of sp³-hybridized carbons (Fsp3) is 0.421. The molecule has 0 bridgehead atoms. The molecule has 0 aromatic heterocycles. The number of hydrogen-bond donors (Lipinski definition) is 3. The third-order valence-electron chi connectivity index (χ3n) is 4.59. The first-order valence-electron chi connectivity index (χ1n) is 9.10. The van der Waals surface area contributed by atoms with Crippen LogP contribution in [-0.4, -0.2) is 47.5 Å². The van der Waals surface area contributed by atoms with Crippen LogP contribution in [0.4, 0.5) is 5.69 Å². The fourth-order valence-corrected chi connectivity index (χ4v) is 2.99. The number of carbonyl (C=O) groups excluding carboxylic acids is 5. The normalized spacial score (nSPS) is 16.3. The molecule has 150 valence electrons. The standard InChI is InChI=1S/C19H24N4O5/c1-12-13(5-4-6-14(12)21-16(25)7-2-3-10-20)19(28)23(11-24)15-8-9-17(26)22-18(15)27/h4-6,11,15H,2-3,7-10,20H2,1H3,(H,21,25)(H,22,26,27). The van der Waals surface area contributed by atoms with Crippen LogP contribution in [0.15, 0.2) is 18.2 Å². The Morgan fingerprint density at radius 2 is 2.07 bits per heavy atom. The van der Waals surface area contributed by atoms with Gasteiger partial charge < -0.3 is 11.1 Å². The zero-order valence-electron chi connectivity index (χ0n) is 15.7. The van der Waals surface area contributed by atoms with Gasteiger partial charge in [-0.3, -0.25) is 34.2 Å². The molecule has 1 aromatic rings. The number of amides is 5. The number of nitrogens with two attached hydrogens (primary N) is 1. The summed E-state index contributed by atoms with van der Waals surface area (Å²) in [4.78, 5) is 60.5. The van der Waals surface area contributed by atoms with Gasteiger partial charge in [-0.1, -0.05) is 6.07 Å². The van der Waals surface area contributed by atoms with E-state index in [4.69, 9.17) is 5.73 Å². The number of anilines is 1. The summed E-state index contributed by atoms with van der Waals surface area (Å²) in [5, 5.41) is 4.88. The smallest absolute Gasteiger partial charge is 0.261 e. The molecule has 1 aliphatic rings. The number of imide groups is 2. The maximum absolute atomic E-state index is 12.9. The molecule has 2 rings (SSSR count). The molecule has 1 unspecified atom stereocenters. The molecular formula is C19H24N4O5. The molecular weight excluding hydrogens is 364 g/mol. The Balaban J connectivity index is 2.18. The highest BCUT2D eigenvalue weighted by atomic mass is 16.2. The van der Waals surface area contributed by atoms with Gasteiger partial charge in [0.25, 0.3) is 5.91 Å². The second-order valence-corrected chi connectivity index (χ2v) is 6.56. The lowest BCUT2D eigenvalue weighted by atomic mass is 10.0. The highest BCUT2D eigenvalue weighted by Crippen LogP contribution is 2.22. The van der Waals surface area contributed by atoms with E-state index < -0.39 is 23.8 Å². The lowest BCUT2D eigenvalue weighted by molar-refractivity contribution is -0.139. The Morgan fingerprint density at radius 3 is 2.71 bits per heavy atom. The average molecular weight is 388 g/mol. The summed E-state index contributed by atoms with van der Waals surface area (Å²) >= 11 is 0. The minimum Gasteiger partial charge on any atom is -0.330 e. The molecule has 0 radical (unpaired) electrons. The van der Waals surface area contributed by atoms with E-state index in [1.54, 1.807) is 19.1 Å². The van der Waals surface area contributed by atoms with Crippen LogP contribution < -0.4 is 16.4 Å². The van der Waals surface area contributed by atoms with Crippen LogP contribution in [0.25, 0.3) is 0 Å². The van der Waals surface area contributed by atoms with Crippen molar-refractivity contribution in [2.75, 3.05) is 11.9 Å². The van der Waals surface area contributed by atoms with Crippen molar-refractivity contribution < 1.29 is 24.0 Å². The molecule has 28 heavy (non-hydrogen) atoms. The molecule has 1 aliphatic heterocycles. The van der Waals surface area contributed by atoms with Gasteiger partial charge in [-0.15, -0.1) is 0 Å². The van der Waals surface area contributed by atoms with E-state index in [-0.39, 0.29) is 24.3 Å². The quantitative estimate of drug-likeness (QED) is 0.336. The zero-order chi connectivity index (χ0) is 20.7. The van der Waals surface area contributed by atoms with E-state index in [9.17, 15) is 24.0 Å². The summed E-state index contributed by atoms with van der Waals surface area (Å²) < 4.78 is 0. The van der Waals surface area contributed by atoms with Crippen molar-refractivity contribution in [2.45, 2.75) is 45.1 Å². The molecule has 4 N–H and O–H groups in total. The maximum atomic E-state index is 12.9. The van der Waals surface area contributed by atoms with Gasteiger partial charge in [0.15, 0.2) is 0 Å². The Morgan fingerprint density at radius 1 is 1.32 bits per heavy atom. The molecule has 5 amide bonds. The molecule has 9 nitrogen and oxygen atoms in total. The Hall–Kier alpha value is -3.07. The second kappa shape index (κ2) is 9.75. The van der Waals surface area contributed by atoms with Gasteiger partial charge >= 0.3 is 0 Å². The minimum absolute atomic E-state index is 0.0475. The van der Waals surface area contributed by atoms with Crippen molar-refractivity contribution in [1.82, 2.24) is 10.2 Å². The monoisotopic (exact) mass is 388 g/mol. The first-order valence-corrected chi connectivity index (χ1v) is 9.10. The second-order valence-electron chi connectivity index (χ2n) is 6.56. The Bertz CT molecular complexity index is 793. The summed E-state index contributed by atoms with van der Waals surface area (Å²) in [5.41, 5.74) is 6.55. The molecule has 1 saturated heterocycles. The van der Waals surface area contributed by atoms with E-state index in [1.807, 2.05) is 0 Å². The van der Waals surface area contributed by atoms with Crippen LogP contribution in [0.2, 0.25) is 0 Å². The number of nitrogens with one attached hydrogen (secondary N) is 2. The van der Waals surface area contributed by atoms with Gasteiger partial charge in [0.05, 0.1) is 0 Å². The third-order valence-corrected chi connectivity index (χ3v) is 4.59. The molecule has 1 aromatic carbocycles.